The van der Waals surface area contributed by atoms with Crippen molar-refractivity contribution in [3.63, 3.8) is 0 Å². The van der Waals surface area contributed by atoms with Crippen molar-refractivity contribution in [2.24, 2.45) is 4.99 Å². The van der Waals surface area contributed by atoms with Gasteiger partial charge in [0.1, 0.15) is 0 Å². The van der Waals surface area contributed by atoms with Crippen LogP contribution in [0.15, 0.2) is 46.4 Å². The first-order valence-corrected chi connectivity index (χ1v) is 10.8. The Hall–Kier alpha value is -1.24. The van der Waals surface area contributed by atoms with Gasteiger partial charge in [-0.2, -0.15) is 0 Å². The molecular weight excluding hydrogens is 497 g/mol. The van der Waals surface area contributed by atoms with Crippen molar-refractivity contribution >= 4 is 51.3 Å². The SMILES string of the molecule is CCNC(=NCCNS(=O)(=O)c1ccccc1)NCCc1ncc(C)s1.I. The molecule has 0 aliphatic carbocycles. The fraction of sp³-hybridized carbons (Fsp3) is 0.412. The molecule has 27 heavy (non-hydrogen) atoms. The Morgan fingerprint density at radius 2 is 1.93 bits per heavy atom. The van der Waals surface area contributed by atoms with E-state index in [0.29, 0.717) is 19.0 Å². The smallest absolute Gasteiger partial charge is 0.240 e. The molecule has 1 heterocycles. The molecule has 0 aliphatic heterocycles. The summed E-state index contributed by atoms with van der Waals surface area (Å²) in [5.41, 5.74) is 0. The number of benzene rings is 1. The molecule has 0 saturated heterocycles. The van der Waals surface area contributed by atoms with Crippen LogP contribution < -0.4 is 15.4 Å². The molecule has 3 N–H and O–H groups in total. The Morgan fingerprint density at radius 3 is 2.56 bits per heavy atom. The fourth-order valence-electron chi connectivity index (χ4n) is 2.18. The second-order valence-electron chi connectivity index (χ2n) is 5.51. The molecule has 0 radical (unpaired) electrons. The Morgan fingerprint density at radius 1 is 1.19 bits per heavy atom. The van der Waals surface area contributed by atoms with E-state index < -0.39 is 10.0 Å². The van der Waals surface area contributed by atoms with Crippen LogP contribution in [-0.2, 0) is 16.4 Å². The highest BCUT2D eigenvalue weighted by Gasteiger charge is 2.11. The van der Waals surface area contributed by atoms with Gasteiger partial charge in [0, 0.05) is 37.1 Å². The summed E-state index contributed by atoms with van der Waals surface area (Å²) >= 11 is 1.69. The monoisotopic (exact) mass is 523 g/mol. The van der Waals surface area contributed by atoms with Crippen LogP contribution >= 0.6 is 35.3 Å². The number of aryl methyl sites for hydroxylation is 1. The topological polar surface area (TPSA) is 95.5 Å². The number of nitrogens with one attached hydrogen (secondary N) is 3. The molecule has 2 rings (SSSR count). The van der Waals surface area contributed by atoms with Crippen molar-refractivity contribution in [3.05, 3.63) is 46.4 Å². The average Bonchev–Trinajstić information content (AvgIpc) is 3.04. The molecule has 0 amide bonds. The fourth-order valence-corrected chi connectivity index (χ4v) is 4.01. The number of sulfonamides is 1. The maximum absolute atomic E-state index is 12.1. The maximum atomic E-state index is 12.1. The Bertz CT molecular complexity index is 810. The van der Waals surface area contributed by atoms with Crippen molar-refractivity contribution in [1.82, 2.24) is 20.3 Å². The first-order chi connectivity index (χ1) is 12.5. The molecule has 0 unspecified atom stereocenters. The minimum atomic E-state index is -3.49. The van der Waals surface area contributed by atoms with Gasteiger partial charge in [-0.15, -0.1) is 35.3 Å². The van der Waals surface area contributed by atoms with E-state index in [0.717, 1.165) is 18.0 Å². The molecule has 150 valence electrons. The van der Waals surface area contributed by atoms with Crippen molar-refractivity contribution in [3.8, 4) is 0 Å². The summed E-state index contributed by atoms with van der Waals surface area (Å²) in [5, 5.41) is 7.47. The van der Waals surface area contributed by atoms with E-state index in [4.69, 9.17) is 0 Å². The third kappa shape index (κ3) is 8.54. The van der Waals surface area contributed by atoms with Crippen LogP contribution in [0.5, 0.6) is 0 Å². The molecule has 0 bridgehead atoms. The van der Waals surface area contributed by atoms with E-state index in [1.54, 1.807) is 41.7 Å². The van der Waals surface area contributed by atoms with Crippen molar-refractivity contribution in [2.75, 3.05) is 26.2 Å². The lowest BCUT2D eigenvalue weighted by atomic mass is 10.4. The molecule has 0 saturated carbocycles. The number of thiazole rings is 1. The largest absolute Gasteiger partial charge is 0.357 e. The van der Waals surface area contributed by atoms with E-state index in [-0.39, 0.29) is 35.4 Å². The number of hydrogen-bond acceptors (Lipinski definition) is 5. The highest BCUT2D eigenvalue weighted by molar-refractivity contribution is 14.0. The molecule has 2 aromatic rings. The quantitative estimate of drug-likeness (QED) is 0.203. The predicted octanol–water partition coefficient (Wildman–Crippen LogP) is 2.15. The molecule has 1 aromatic carbocycles. The number of aromatic nitrogens is 1. The zero-order valence-corrected chi connectivity index (χ0v) is 19.4. The third-order valence-corrected chi connectivity index (χ3v) is 5.82. The van der Waals surface area contributed by atoms with Gasteiger partial charge in [-0.3, -0.25) is 4.99 Å². The van der Waals surface area contributed by atoms with Crippen molar-refractivity contribution in [1.29, 1.82) is 0 Å². The maximum Gasteiger partial charge on any atom is 0.240 e. The van der Waals surface area contributed by atoms with Crippen LogP contribution in [0.3, 0.4) is 0 Å². The van der Waals surface area contributed by atoms with E-state index in [1.807, 2.05) is 20.0 Å². The highest BCUT2D eigenvalue weighted by Crippen LogP contribution is 2.10. The Kier molecular flexibility index (Phi) is 10.8. The molecule has 0 fully saturated rings. The van der Waals surface area contributed by atoms with Crippen LogP contribution in [-0.4, -0.2) is 45.5 Å². The number of nitrogens with zero attached hydrogens (tertiary/aromatic N) is 2. The van der Waals surface area contributed by atoms with E-state index in [9.17, 15) is 8.42 Å². The zero-order valence-electron chi connectivity index (χ0n) is 15.4. The van der Waals surface area contributed by atoms with Gasteiger partial charge in [-0.05, 0) is 26.0 Å². The Labute approximate surface area is 182 Å². The van der Waals surface area contributed by atoms with Crippen molar-refractivity contribution < 1.29 is 8.42 Å². The predicted molar refractivity (Wildman–Crippen MR) is 122 cm³/mol. The molecule has 0 atom stereocenters. The Balaban J connectivity index is 0.00000364. The molecule has 0 aliphatic rings. The van der Waals surface area contributed by atoms with Crippen LogP contribution in [0.1, 0.15) is 16.8 Å². The standard InChI is InChI=1S/C17H25N5O2S2.HI/c1-3-18-17(19-10-9-16-21-13-14(2)25-16)20-11-12-22-26(23,24)15-7-5-4-6-8-15;/h4-8,13,22H,3,9-12H2,1-2H3,(H2,18,19,20);1H. The number of rotatable bonds is 9. The molecule has 7 nitrogen and oxygen atoms in total. The zero-order chi connectivity index (χ0) is 18.8. The lowest BCUT2D eigenvalue weighted by Gasteiger charge is -2.11. The summed E-state index contributed by atoms with van der Waals surface area (Å²) in [6, 6.07) is 8.31. The van der Waals surface area contributed by atoms with Gasteiger partial charge in [0.05, 0.1) is 16.4 Å². The lowest BCUT2D eigenvalue weighted by Crippen LogP contribution is -2.39. The third-order valence-electron chi connectivity index (χ3n) is 3.37. The van der Waals surface area contributed by atoms with Crippen LogP contribution in [0.2, 0.25) is 0 Å². The van der Waals surface area contributed by atoms with Gasteiger partial charge in [-0.1, -0.05) is 18.2 Å². The summed E-state index contributed by atoms with van der Waals surface area (Å²) in [6.45, 7) is 6.06. The normalized spacial score (nSPS) is 11.7. The first-order valence-electron chi connectivity index (χ1n) is 8.49. The average molecular weight is 523 g/mol. The number of halogens is 1. The van der Waals surface area contributed by atoms with Gasteiger partial charge >= 0.3 is 0 Å². The van der Waals surface area contributed by atoms with Crippen LogP contribution in [0.4, 0.5) is 0 Å². The van der Waals surface area contributed by atoms with Crippen LogP contribution in [0.25, 0.3) is 0 Å². The molecule has 1 aromatic heterocycles. The molecule has 10 heteroatoms. The van der Waals surface area contributed by atoms with E-state index in [2.05, 4.69) is 25.3 Å². The van der Waals surface area contributed by atoms with E-state index in [1.165, 1.54) is 4.88 Å². The number of guanidine groups is 1. The minimum absolute atomic E-state index is 0. The molecular formula is C17H26IN5O2S2. The minimum Gasteiger partial charge on any atom is -0.357 e. The summed E-state index contributed by atoms with van der Waals surface area (Å²) in [7, 11) is -3.49. The van der Waals surface area contributed by atoms with Crippen molar-refractivity contribution in [2.45, 2.75) is 25.2 Å². The van der Waals surface area contributed by atoms with Gasteiger partial charge in [0.15, 0.2) is 5.96 Å². The number of aliphatic imine (C=N–C) groups is 1. The van der Waals surface area contributed by atoms with Crippen LogP contribution in [0, 0.1) is 6.92 Å². The highest BCUT2D eigenvalue weighted by atomic mass is 127. The lowest BCUT2D eigenvalue weighted by molar-refractivity contribution is 0.582. The first kappa shape index (κ1) is 23.8. The van der Waals surface area contributed by atoms with Gasteiger partial charge < -0.3 is 10.6 Å². The summed E-state index contributed by atoms with van der Waals surface area (Å²) in [5.74, 6) is 0.666. The number of hydrogen-bond donors (Lipinski definition) is 3. The van der Waals surface area contributed by atoms with Gasteiger partial charge in [-0.25, -0.2) is 18.1 Å². The second-order valence-corrected chi connectivity index (χ2v) is 8.60. The molecule has 0 spiro atoms. The second kappa shape index (κ2) is 12.3. The van der Waals surface area contributed by atoms with E-state index >= 15 is 0 Å². The van der Waals surface area contributed by atoms with Gasteiger partial charge in [0.25, 0.3) is 0 Å². The summed E-state index contributed by atoms with van der Waals surface area (Å²) in [6.07, 6.45) is 2.70. The summed E-state index contributed by atoms with van der Waals surface area (Å²) < 4.78 is 26.8. The summed E-state index contributed by atoms with van der Waals surface area (Å²) in [4.78, 5) is 10.2. The van der Waals surface area contributed by atoms with Gasteiger partial charge in [0.2, 0.25) is 10.0 Å².